The molecule has 16 heavy (non-hydrogen) atoms. The lowest BCUT2D eigenvalue weighted by atomic mass is 10.1. The lowest BCUT2D eigenvalue weighted by Crippen LogP contribution is -2.27. The van der Waals surface area contributed by atoms with Gasteiger partial charge in [0.25, 0.3) is 0 Å². The van der Waals surface area contributed by atoms with Crippen LogP contribution >= 0.6 is 0 Å². The van der Waals surface area contributed by atoms with Gasteiger partial charge < -0.3 is 9.88 Å². The van der Waals surface area contributed by atoms with Crippen molar-refractivity contribution >= 4 is 0 Å². The Morgan fingerprint density at radius 2 is 2.06 bits per heavy atom. The lowest BCUT2D eigenvalue weighted by molar-refractivity contribution is 0.517. The topological polar surface area (TPSA) is 29.9 Å². The van der Waals surface area contributed by atoms with Crippen molar-refractivity contribution in [2.24, 2.45) is 0 Å². The van der Waals surface area contributed by atoms with Gasteiger partial charge in [-0.1, -0.05) is 29.8 Å². The molecule has 1 aliphatic rings. The second kappa shape index (κ2) is 3.76. The van der Waals surface area contributed by atoms with Crippen LogP contribution in [0.3, 0.4) is 0 Å². The minimum Gasteiger partial charge on any atom is -0.332 e. The van der Waals surface area contributed by atoms with Crippen molar-refractivity contribution in [1.82, 2.24) is 14.9 Å². The number of nitrogens with zero attached hydrogens (tertiary/aromatic N) is 2. The summed E-state index contributed by atoms with van der Waals surface area (Å²) in [5, 5.41) is 3.39. The predicted molar refractivity (Wildman–Crippen MR) is 64.1 cm³/mol. The van der Waals surface area contributed by atoms with Gasteiger partial charge in [0.2, 0.25) is 0 Å². The van der Waals surface area contributed by atoms with E-state index in [0.29, 0.717) is 0 Å². The van der Waals surface area contributed by atoms with Gasteiger partial charge in [-0.25, -0.2) is 4.98 Å². The van der Waals surface area contributed by atoms with Crippen molar-refractivity contribution in [3.63, 3.8) is 0 Å². The molecule has 0 radical (unpaired) electrons. The van der Waals surface area contributed by atoms with Gasteiger partial charge in [0.1, 0.15) is 0 Å². The number of benzene rings is 1. The summed E-state index contributed by atoms with van der Waals surface area (Å²) in [5.41, 5.74) is 4.92. The average molecular weight is 213 g/mol. The van der Waals surface area contributed by atoms with Gasteiger partial charge in [-0.15, -0.1) is 0 Å². The van der Waals surface area contributed by atoms with Crippen molar-refractivity contribution < 1.29 is 0 Å². The summed E-state index contributed by atoms with van der Waals surface area (Å²) in [6.45, 7) is 5.09. The van der Waals surface area contributed by atoms with E-state index in [2.05, 4.69) is 46.1 Å². The Morgan fingerprint density at radius 3 is 2.88 bits per heavy atom. The van der Waals surface area contributed by atoms with Gasteiger partial charge in [0.05, 0.1) is 17.7 Å². The van der Waals surface area contributed by atoms with Crippen LogP contribution in [-0.2, 0) is 13.1 Å². The molecule has 3 rings (SSSR count). The molecule has 0 fully saturated rings. The molecule has 0 atom stereocenters. The first kappa shape index (κ1) is 9.60. The minimum absolute atomic E-state index is 0.920. The van der Waals surface area contributed by atoms with Gasteiger partial charge in [-0.3, -0.25) is 0 Å². The highest BCUT2D eigenvalue weighted by Gasteiger charge is 2.15. The first-order chi connectivity index (χ1) is 7.84. The third-order valence-electron chi connectivity index (χ3n) is 3.09. The summed E-state index contributed by atoms with van der Waals surface area (Å²) in [6, 6.07) is 8.56. The van der Waals surface area contributed by atoms with Crippen LogP contribution in [0.4, 0.5) is 0 Å². The van der Waals surface area contributed by atoms with Gasteiger partial charge in [0, 0.05) is 25.2 Å². The molecule has 0 saturated heterocycles. The molecule has 0 spiro atoms. The highest BCUT2D eigenvalue weighted by atomic mass is 15.1. The maximum absolute atomic E-state index is 4.52. The Balaban J connectivity index is 2.06. The highest BCUT2D eigenvalue weighted by molar-refractivity contribution is 5.62. The van der Waals surface area contributed by atoms with Crippen LogP contribution in [-0.4, -0.2) is 16.1 Å². The van der Waals surface area contributed by atoms with Crippen LogP contribution in [0.15, 0.2) is 30.6 Å². The molecular weight excluding hydrogens is 198 g/mol. The Bertz CT molecular complexity index is 496. The first-order valence-corrected chi connectivity index (χ1v) is 5.66. The highest BCUT2D eigenvalue weighted by Crippen LogP contribution is 2.23. The SMILES string of the molecule is Cc1ccc(-c2ncn3c2CNCC3)cc1. The largest absolute Gasteiger partial charge is 0.332 e. The van der Waals surface area contributed by atoms with E-state index in [1.807, 2.05) is 6.33 Å². The molecule has 82 valence electrons. The molecule has 3 heteroatoms. The Labute approximate surface area is 95.1 Å². The van der Waals surface area contributed by atoms with Crippen LogP contribution in [0.1, 0.15) is 11.3 Å². The van der Waals surface area contributed by atoms with E-state index in [-0.39, 0.29) is 0 Å². The Kier molecular flexibility index (Phi) is 2.26. The summed E-state index contributed by atoms with van der Waals surface area (Å²) >= 11 is 0. The quantitative estimate of drug-likeness (QED) is 0.784. The number of aryl methyl sites for hydroxylation is 1. The molecular formula is C13H15N3. The molecule has 2 heterocycles. The monoisotopic (exact) mass is 213 g/mol. The fraction of sp³-hybridized carbons (Fsp3) is 0.308. The molecule has 1 aromatic carbocycles. The number of nitrogens with one attached hydrogen (secondary N) is 1. The van der Waals surface area contributed by atoms with E-state index in [0.717, 1.165) is 25.3 Å². The first-order valence-electron chi connectivity index (χ1n) is 5.66. The summed E-state index contributed by atoms with van der Waals surface area (Å²) in [4.78, 5) is 4.52. The molecule has 0 aliphatic carbocycles. The fourth-order valence-corrected chi connectivity index (χ4v) is 2.14. The number of hydrogen-bond donors (Lipinski definition) is 1. The van der Waals surface area contributed by atoms with Crippen molar-refractivity contribution in [3.8, 4) is 11.3 Å². The summed E-state index contributed by atoms with van der Waals surface area (Å²) in [5.74, 6) is 0. The molecule has 0 amide bonds. The molecule has 0 bridgehead atoms. The van der Waals surface area contributed by atoms with Crippen LogP contribution < -0.4 is 5.32 Å². The smallest absolute Gasteiger partial charge is 0.0956 e. The van der Waals surface area contributed by atoms with Gasteiger partial charge in [-0.05, 0) is 6.92 Å². The van der Waals surface area contributed by atoms with Crippen molar-refractivity contribution in [1.29, 1.82) is 0 Å². The lowest BCUT2D eigenvalue weighted by Gasteiger charge is -2.16. The van der Waals surface area contributed by atoms with Crippen molar-refractivity contribution in [3.05, 3.63) is 41.9 Å². The molecule has 0 saturated carbocycles. The molecule has 0 unspecified atom stereocenters. The number of rotatable bonds is 1. The minimum atomic E-state index is 0.920. The van der Waals surface area contributed by atoms with E-state index in [1.54, 1.807) is 0 Å². The predicted octanol–water partition coefficient (Wildman–Crippen LogP) is 1.96. The third-order valence-corrected chi connectivity index (χ3v) is 3.09. The zero-order chi connectivity index (χ0) is 11.0. The Hall–Kier alpha value is -1.61. The molecule has 1 N–H and O–H groups in total. The maximum Gasteiger partial charge on any atom is 0.0956 e. The van der Waals surface area contributed by atoms with E-state index < -0.39 is 0 Å². The average Bonchev–Trinajstić information content (AvgIpc) is 2.74. The number of aromatic nitrogens is 2. The molecule has 1 aliphatic heterocycles. The van der Waals surface area contributed by atoms with Crippen molar-refractivity contribution in [2.45, 2.75) is 20.0 Å². The van der Waals surface area contributed by atoms with E-state index in [9.17, 15) is 0 Å². The maximum atomic E-state index is 4.52. The van der Waals surface area contributed by atoms with Crippen LogP contribution in [0.25, 0.3) is 11.3 Å². The number of fused-ring (bicyclic) bond motifs is 1. The zero-order valence-corrected chi connectivity index (χ0v) is 9.40. The molecule has 3 nitrogen and oxygen atoms in total. The van der Waals surface area contributed by atoms with E-state index in [4.69, 9.17) is 0 Å². The normalized spacial score (nSPS) is 14.8. The zero-order valence-electron chi connectivity index (χ0n) is 9.40. The van der Waals surface area contributed by atoms with Crippen LogP contribution in [0, 0.1) is 6.92 Å². The van der Waals surface area contributed by atoms with Crippen LogP contribution in [0.2, 0.25) is 0 Å². The standard InChI is InChI=1S/C13H15N3/c1-10-2-4-11(5-3-10)13-12-8-14-6-7-16(12)9-15-13/h2-5,9,14H,6-8H2,1H3. The number of hydrogen-bond acceptors (Lipinski definition) is 2. The van der Waals surface area contributed by atoms with E-state index >= 15 is 0 Å². The number of imidazole rings is 1. The van der Waals surface area contributed by atoms with E-state index in [1.165, 1.54) is 16.8 Å². The fourth-order valence-electron chi connectivity index (χ4n) is 2.14. The third kappa shape index (κ3) is 1.53. The molecule has 2 aromatic rings. The van der Waals surface area contributed by atoms with Crippen LogP contribution in [0.5, 0.6) is 0 Å². The van der Waals surface area contributed by atoms with Crippen molar-refractivity contribution in [2.75, 3.05) is 6.54 Å². The van der Waals surface area contributed by atoms with Gasteiger partial charge in [0.15, 0.2) is 0 Å². The van der Waals surface area contributed by atoms with Gasteiger partial charge >= 0.3 is 0 Å². The van der Waals surface area contributed by atoms with Gasteiger partial charge in [-0.2, -0.15) is 0 Å². The summed E-state index contributed by atoms with van der Waals surface area (Å²) < 4.78 is 2.24. The summed E-state index contributed by atoms with van der Waals surface area (Å²) in [6.07, 6.45) is 1.95. The summed E-state index contributed by atoms with van der Waals surface area (Å²) in [7, 11) is 0. The molecule has 1 aromatic heterocycles. The second-order valence-corrected chi connectivity index (χ2v) is 4.28. The second-order valence-electron chi connectivity index (χ2n) is 4.28. The Morgan fingerprint density at radius 1 is 1.25 bits per heavy atom.